The number of hydrogen-bond donors (Lipinski definition) is 2. The maximum Gasteiger partial charge on any atom is 0.355 e. The number of likely N-dealkylation sites (tertiary alicyclic amines) is 1. The van der Waals surface area contributed by atoms with Crippen molar-refractivity contribution in [1.82, 2.24) is 20.1 Å². The Hall–Kier alpha value is -2.53. The lowest BCUT2D eigenvalue weighted by atomic mass is 9.96. The number of rotatable bonds is 14. The number of amides is 2. The van der Waals surface area contributed by atoms with Gasteiger partial charge in [0.25, 0.3) is 0 Å². The van der Waals surface area contributed by atoms with Crippen LogP contribution in [0.1, 0.15) is 101 Å². The van der Waals surface area contributed by atoms with Crippen molar-refractivity contribution >= 4 is 35.1 Å². The Morgan fingerprint density at radius 3 is 2.49 bits per heavy atom. The number of aryl methyl sites for hydroxylation is 1. The van der Waals surface area contributed by atoms with Gasteiger partial charge in [0.05, 0.1) is 11.0 Å². The Kier molecular flexibility index (Phi) is 16.5. The second kappa shape index (κ2) is 18.7. The van der Waals surface area contributed by atoms with Crippen LogP contribution >= 0.6 is 11.3 Å². The fourth-order valence-corrected chi connectivity index (χ4v) is 4.96. The summed E-state index contributed by atoms with van der Waals surface area (Å²) in [7, 11) is 1.93. The standard InChI is InChI=1S/C25H40N4O6S.C3H8/c1-5-10-21(30)35-16-29(14-9-12-20-26-18(15-36-20)25(33)34)24(32)22(17(3)6-2)27-23(31)19-11-7-8-13-28(19)4;1-3-2/h15,17,19,22H,5-14,16H2,1-4H3,(H,27,31)(H,33,34);3H2,1-2H3. The summed E-state index contributed by atoms with van der Waals surface area (Å²) in [6, 6.07) is -0.997. The fraction of sp³-hybridized carbons (Fsp3) is 0.750. The molecule has 2 rings (SSSR count). The molecule has 1 fully saturated rings. The van der Waals surface area contributed by atoms with E-state index < -0.39 is 12.0 Å². The monoisotopic (exact) mass is 568 g/mol. The van der Waals surface area contributed by atoms with Crippen molar-refractivity contribution in [2.45, 2.75) is 104 Å². The molecule has 0 aromatic carbocycles. The third-order valence-electron chi connectivity index (χ3n) is 6.59. The zero-order valence-electron chi connectivity index (χ0n) is 24.5. The first kappa shape index (κ1) is 34.5. The first-order chi connectivity index (χ1) is 18.6. The molecule has 0 bridgehead atoms. The van der Waals surface area contributed by atoms with Gasteiger partial charge >= 0.3 is 11.9 Å². The van der Waals surface area contributed by atoms with E-state index in [1.807, 2.05) is 32.7 Å². The average Bonchev–Trinajstić information content (AvgIpc) is 3.38. The summed E-state index contributed by atoms with van der Waals surface area (Å²) in [5.41, 5.74) is 0.00339. The molecule has 1 aliphatic heterocycles. The van der Waals surface area contributed by atoms with Crippen molar-refractivity contribution in [2.24, 2.45) is 5.92 Å². The maximum absolute atomic E-state index is 13.7. The number of hydrogen-bond acceptors (Lipinski definition) is 8. The number of carbonyl (C=O) groups excluding carboxylic acids is 3. The van der Waals surface area contributed by atoms with Gasteiger partial charge in [-0.3, -0.25) is 19.3 Å². The number of nitrogens with zero attached hydrogens (tertiary/aromatic N) is 3. The number of piperidine rings is 1. The highest BCUT2D eigenvalue weighted by Gasteiger charge is 2.34. The minimum Gasteiger partial charge on any atom is -0.476 e. The van der Waals surface area contributed by atoms with E-state index in [9.17, 15) is 19.2 Å². The highest BCUT2D eigenvalue weighted by atomic mass is 32.1. The first-order valence-electron chi connectivity index (χ1n) is 14.2. The maximum atomic E-state index is 13.7. The summed E-state index contributed by atoms with van der Waals surface area (Å²) in [6.07, 6.45) is 6.63. The normalized spacial score (nSPS) is 16.8. The molecule has 1 aliphatic rings. The van der Waals surface area contributed by atoms with Gasteiger partial charge in [0.15, 0.2) is 12.4 Å². The molecule has 10 nitrogen and oxygen atoms in total. The van der Waals surface area contributed by atoms with E-state index in [-0.39, 0.29) is 55.1 Å². The number of carbonyl (C=O) groups is 4. The van der Waals surface area contributed by atoms with Crippen LogP contribution in [-0.4, -0.2) is 82.6 Å². The van der Waals surface area contributed by atoms with Gasteiger partial charge in [-0.2, -0.15) is 0 Å². The van der Waals surface area contributed by atoms with Crippen LogP contribution in [0.5, 0.6) is 0 Å². The summed E-state index contributed by atoms with van der Waals surface area (Å²) in [5.74, 6) is -2.00. The molecular weight excluding hydrogens is 520 g/mol. The predicted octanol–water partition coefficient (Wildman–Crippen LogP) is 4.33. The molecule has 0 radical (unpaired) electrons. The molecule has 1 aromatic heterocycles. The highest BCUT2D eigenvalue weighted by Crippen LogP contribution is 2.18. The van der Waals surface area contributed by atoms with E-state index in [0.29, 0.717) is 30.7 Å². The Balaban J connectivity index is 0.00000242. The minimum atomic E-state index is -1.08. The average molecular weight is 569 g/mol. The fourth-order valence-electron chi connectivity index (χ4n) is 4.15. The van der Waals surface area contributed by atoms with Crippen LogP contribution in [0.15, 0.2) is 5.38 Å². The largest absolute Gasteiger partial charge is 0.476 e. The molecule has 3 unspecified atom stereocenters. The molecule has 11 heteroatoms. The van der Waals surface area contributed by atoms with Crippen molar-refractivity contribution in [3.63, 3.8) is 0 Å². The van der Waals surface area contributed by atoms with Gasteiger partial charge in [0.2, 0.25) is 11.8 Å². The highest BCUT2D eigenvalue weighted by molar-refractivity contribution is 7.09. The van der Waals surface area contributed by atoms with Crippen molar-refractivity contribution in [3.05, 3.63) is 16.1 Å². The van der Waals surface area contributed by atoms with Gasteiger partial charge in [-0.1, -0.05) is 53.9 Å². The molecule has 3 atom stereocenters. The summed E-state index contributed by atoms with van der Waals surface area (Å²) in [6.45, 7) is 11.0. The van der Waals surface area contributed by atoms with E-state index in [4.69, 9.17) is 9.84 Å². The van der Waals surface area contributed by atoms with Gasteiger partial charge in [-0.05, 0) is 45.2 Å². The van der Waals surface area contributed by atoms with Gasteiger partial charge in [-0.15, -0.1) is 11.3 Å². The SMILES string of the molecule is CCC.CCCC(=O)OCN(CCCc1nc(C(=O)O)cs1)C(=O)C(NC(=O)C1CCCCN1C)C(C)CC. The van der Waals surface area contributed by atoms with Gasteiger partial charge in [0, 0.05) is 24.8 Å². The zero-order chi connectivity index (χ0) is 29.4. The van der Waals surface area contributed by atoms with E-state index >= 15 is 0 Å². The van der Waals surface area contributed by atoms with Crippen LogP contribution in [0.2, 0.25) is 0 Å². The van der Waals surface area contributed by atoms with Crippen LogP contribution in [0.25, 0.3) is 0 Å². The number of carboxylic acids is 1. The molecule has 222 valence electrons. The van der Waals surface area contributed by atoms with E-state index in [2.05, 4.69) is 24.1 Å². The number of thiazole rings is 1. The minimum absolute atomic E-state index is 0.00339. The van der Waals surface area contributed by atoms with Crippen molar-refractivity contribution in [2.75, 3.05) is 26.9 Å². The van der Waals surface area contributed by atoms with Crippen molar-refractivity contribution < 1.29 is 29.0 Å². The number of ether oxygens (including phenoxy) is 1. The van der Waals surface area contributed by atoms with Gasteiger partial charge < -0.3 is 20.1 Å². The lowest BCUT2D eigenvalue weighted by Gasteiger charge is -2.35. The third-order valence-corrected chi connectivity index (χ3v) is 7.50. The van der Waals surface area contributed by atoms with Crippen LogP contribution < -0.4 is 5.32 Å². The quantitative estimate of drug-likeness (QED) is 0.251. The van der Waals surface area contributed by atoms with Crippen LogP contribution in [0.3, 0.4) is 0 Å². The predicted molar refractivity (Wildman–Crippen MR) is 153 cm³/mol. The second-order valence-corrected chi connectivity index (χ2v) is 11.0. The Bertz CT molecular complexity index is 908. The van der Waals surface area contributed by atoms with Gasteiger partial charge in [-0.25, -0.2) is 9.78 Å². The Morgan fingerprint density at radius 1 is 1.23 bits per heavy atom. The molecule has 0 spiro atoms. The summed E-state index contributed by atoms with van der Waals surface area (Å²) in [5, 5.41) is 14.2. The van der Waals surface area contributed by atoms with Crippen LogP contribution in [-0.2, 0) is 25.5 Å². The van der Waals surface area contributed by atoms with Crippen LogP contribution in [0.4, 0.5) is 0 Å². The number of aromatic nitrogens is 1. The molecule has 2 N–H and O–H groups in total. The number of esters is 1. The molecule has 1 aromatic rings. The molecule has 0 saturated carbocycles. The smallest absolute Gasteiger partial charge is 0.355 e. The summed E-state index contributed by atoms with van der Waals surface area (Å²) < 4.78 is 5.36. The zero-order valence-corrected chi connectivity index (χ0v) is 25.3. The Labute approximate surface area is 237 Å². The number of aromatic carboxylic acids is 1. The van der Waals surface area contributed by atoms with Crippen molar-refractivity contribution in [1.29, 1.82) is 0 Å². The third kappa shape index (κ3) is 12.0. The molecular formula is C28H48N4O6S. The summed E-state index contributed by atoms with van der Waals surface area (Å²) in [4.78, 5) is 57.5. The molecule has 1 saturated heterocycles. The van der Waals surface area contributed by atoms with Crippen molar-refractivity contribution in [3.8, 4) is 0 Å². The Morgan fingerprint density at radius 2 is 1.92 bits per heavy atom. The molecule has 2 heterocycles. The number of likely N-dealkylation sites (N-methyl/N-ethyl adjacent to an activating group) is 1. The van der Waals surface area contributed by atoms with E-state index in [1.54, 1.807) is 0 Å². The van der Waals surface area contributed by atoms with E-state index in [1.165, 1.54) is 28.0 Å². The lowest BCUT2D eigenvalue weighted by Crippen LogP contribution is -2.57. The molecule has 0 aliphatic carbocycles. The second-order valence-electron chi connectivity index (χ2n) is 10.1. The lowest BCUT2D eigenvalue weighted by molar-refractivity contribution is -0.155. The summed E-state index contributed by atoms with van der Waals surface area (Å²) >= 11 is 1.26. The molecule has 39 heavy (non-hydrogen) atoms. The van der Waals surface area contributed by atoms with E-state index in [0.717, 1.165) is 25.8 Å². The topological polar surface area (TPSA) is 129 Å². The number of nitrogens with one attached hydrogen (secondary N) is 1. The first-order valence-corrected chi connectivity index (χ1v) is 15.1. The van der Waals surface area contributed by atoms with Gasteiger partial charge in [0.1, 0.15) is 6.04 Å². The molecule has 2 amide bonds. The van der Waals surface area contributed by atoms with Crippen LogP contribution in [0, 0.1) is 5.92 Å². The number of carboxylic acid groups (broad SMARTS) is 1.